The summed E-state index contributed by atoms with van der Waals surface area (Å²) < 4.78 is 47.8. The first kappa shape index (κ1) is 24.2. The summed E-state index contributed by atoms with van der Waals surface area (Å²) in [5, 5.41) is 0. The largest absolute Gasteiger partial charge is 0.238 e. The molecule has 0 atom stereocenters. The molecule has 0 nitrogen and oxygen atoms in total. The van der Waals surface area contributed by atoms with E-state index in [0.29, 0.717) is 12.8 Å². The standard InChI is InChI=1S/C18H38F4Si2/c19-17(20)11-7-3-1-5-9-13-23-15-16-24-14-10-6-2-4-8-12-18(21)22/h17-18H,1-16,23-24H2. The van der Waals surface area contributed by atoms with Crippen LogP contribution in [0.3, 0.4) is 0 Å². The van der Waals surface area contributed by atoms with Gasteiger partial charge in [-0.05, 0) is 12.8 Å². The van der Waals surface area contributed by atoms with Crippen LogP contribution in [0.5, 0.6) is 0 Å². The van der Waals surface area contributed by atoms with Crippen LogP contribution in [0.1, 0.15) is 77.0 Å². The summed E-state index contributed by atoms with van der Waals surface area (Å²) in [7, 11) is 0.288. The molecule has 0 saturated carbocycles. The van der Waals surface area contributed by atoms with Crippen LogP contribution in [-0.4, -0.2) is 31.9 Å². The van der Waals surface area contributed by atoms with E-state index >= 15 is 0 Å². The summed E-state index contributed by atoms with van der Waals surface area (Å²) in [4.78, 5) is 0. The van der Waals surface area contributed by atoms with Gasteiger partial charge in [-0.3, -0.25) is 0 Å². The molecule has 0 saturated heterocycles. The number of hydrogen-bond donors (Lipinski definition) is 0. The van der Waals surface area contributed by atoms with Crippen molar-refractivity contribution in [1.29, 1.82) is 0 Å². The van der Waals surface area contributed by atoms with Crippen LogP contribution < -0.4 is 0 Å². The molecule has 0 heterocycles. The molecule has 0 rings (SSSR count). The lowest BCUT2D eigenvalue weighted by atomic mass is 10.1. The highest BCUT2D eigenvalue weighted by molar-refractivity contribution is 6.42. The van der Waals surface area contributed by atoms with Gasteiger partial charge >= 0.3 is 0 Å². The number of halogens is 4. The van der Waals surface area contributed by atoms with Crippen LogP contribution in [0.25, 0.3) is 0 Å². The Hall–Kier alpha value is 0.154. The minimum absolute atomic E-state index is 0.0785. The van der Waals surface area contributed by atoms with Crippen molar-refractivity contribution in [1.82, 2.24) is 0 Å². The van der Waals surface area contributed by atoms with Crippen LogP contribution in [0.4, 0.5) is 17.6 Å². The second-order valence-electron chi connectivity index (χ2n) is 7.02. The van der Waals surface area contributed by atoms with Crippen LogP contribution in [0.15, 0.2) is 0 Å². The van der Waals surface area contributed by atoms with E-state index in [4.69, 9.17) is 0 Å². The zero-order valence-corrected chi connectivity index (χ0v) is 18.2. The van der Waals surface area contributed by atoms with E-state index in [1.807, 2.05) is 0 Å². The molecule has 0 spiro atoms. The fourth-order valence-corrected chi connectivity index (χ4v) is 8.02. The van der Waals surface area contributed by atoms with Crippen molar-refractivity contribution in [3.63, 3.8) is 0 Å². The van der Waals surface area contributed by atoms with E-state index in [0.717, 1.165) is 25.7 Å². The quantitative estimate of drug-likeness (QED) is 0.141. The van der Waals surface area contributed by atoms with E-state index in [9.17, 15) is 17.6 Å². The van der Waals surface area contributed by atoms with Crippen molar-refractivity contribution in [2.45, 2.75) is 114 Å². The lowest BCUT2D eigenvalue weighted by Gasteiger charge is -2.03. The summed E-state index contributed by atoms with van der Waals surface area (Å²) >= 11 is 0. The first-order chi connectivity index (χ1) is 11.6. The van der Waals surface area contributed by atoms with E-state index in [2.05, 4.69) is 0 Å². The molecule has 0 radical (unpaired) electrons. The molecular formula is C18H38F4Si2. The molecule has 0 amide bonds. The predicted octanol–water partition coefficient (Wildman–Crippen LogP) is 6.21. The topological polar surface area (TPSA) is 0 Å². The fraction of sp³-hybridized carbons (Fsp3) is 1.00. The van der Waals surface area contributed by atoms with Gasteiger partial charge in [0.05, 0.1) is 0 Å². The number of alkyl halides is 4. The van der Waals surface area contributed by atoms with E-state index in [1.165, 1.54) is 49.9 Å². The Morgan fingerprint density at radius 1 is 0.417 bits per heavy atom. The molecule has 0 aromatic rings. The van der Waals surface area contributed by atoms with Gasteiger partial charge < -0.3 is 0 Å². The molecule has 0 aliphatic rings. The molecule has 0 aliphatic carbocycles. The van der Waals surface area contributed by atoms with Gasteiger partial charge in [-0.1, -0.05) is 75.5 Å². The molecular weight excluding hydrogens is 348 g/mol. The van der Waals surface area contributed by atoms with E-state index in [1.54, 1.807) is 0 Å². The van der Waals surface area contributed by atoms with Gasteiger partial charge in [-0.25, -0.2) is 17.6 Å². The lowest BCUT2D eigenvalue weighted by molar-refractivity contribution is 0.133. The molecule has 0 aromatic heterocycles. The Bertz CT molecular complexity index is 217. The summed E-state index contributed by atoms with van der Waals surface area (Å²) in [5.74, 6) is 0. The zero-order chi connectivity index (χ0) is 17.9. The molecule has 0 aromatic carbocycles. The van der Waals surface area contributed by atoms with Gasteiger partial charge in [-0.2, -0.15) is 0 Å². The lowest BCUT2D eigenvalue weighted by Crippen LogP contribution is -1.95. The third-order valence-corrected chi connectivity index (χ3v) is 9.59. The fourth-order valence-electron chi connectivity index (χ4n) is 3.07. The van der Waals surface area contributed by atoms with Gasteiger partial charge in [0.2, 0.25) is 12.9 Å². The van der Waals surface area contributed by atoms with Gasteiger partial charge in [0.1, 0.15) is 0 Å². The summed E-state index contributed by atoms with van der Waals surface area (Å²) in [6.45, 7) is 0. The predicted molar refractivity (Wildman–Crippen MR) is 104 cm³/mol. The normalized spacial score (nSPS) is 12.8. The highest BCUT2D eigenvalue weighted by Gasteiger charge is 2.02. The van der Waals surface area contributed by atoms with Crippen LogP contribution in [0.2, 0.25) is 24.2 Å². The van der Waals surface area contributed by atoms with Crippen molar-refractivity contribution in [2.24, 2.45) is 0 Å². The van der Waals surface area contributed by atoms with Crippen molar-refractivity contribution in [2.75, 3.05) is 0 Å². The van der Waals surface area contributed by atoms with Crippen LogP contribution >= 0.6 is 0 Å². The summed E-state index contributed by atoms with van der Waals surface area (Å²) in [6.07, 6.45) is 6.62. The average Bonchev–Trinajstić information content (AvgIpc) is 2.53. The smallest absolute Gasteiger partial charge is 0.211 e. The Kier molecular flexibility index (Phi) is 19.6. The van der Waals surface area contributed by atoms with Gasteiger partial charge in [0.25, 0.3) is 0 Å². The number of hydrogen-bond acceptors (Lipinski definition) is 0. The summed E-state index contributed by atoms with van der Waals surface area (Å²) in [5.41, 5.74) is 0. The number of rotatable bonds is 19. The SMILES string of the molecule is FC(F)CCCCCCC[SiH2]CC[SiH2]CCCCCCCC(F)F. The molecule has 0 bridgehead atoms. The highest BCUT2D eigenvalue weighted by atomic mass is 28.2. The molecule has 0 aliphatic heterocycles. The third-order valence-electron chi connectivity index (χ3n) is 4.59. The minimum atomic E-state index is -2.12. The third kappa shape index (κ3) is 22.2. The van der Waals surface area contributed by atoms with Crippen molar-refractivity contribution in [3.8, 4) is 0 Å². The molecule has 146 valence electrons. The van der Waals surface area contributed by atoms with E-state index in [-0.39, 0.29) is 31.9 Å². The second kappa shape index (κ2) is 19.5. The highest BCUT2D eigenvalue weighted by Crippen LogP contribution is 2.13. The molecule has 0 N–H and O–H groups in total. The Morgan fingerprint density at radius 3 is 1.12 bits per heavy atom. The maximum absolute atomic E-state index is 11.9. The Morgan fingerprint density at radius 2 is 0.750 bits per heavy atom. The minimum Gasteiger partial charge on any atom is -0.211 e. The zero-order valence-electron chi connectivity index (χ0n) is 15.4. The first-order valence-electron chi connectivity index (χ1n) is 10.2. The van der Waals surface area contributed by atoms with Crippen molar-refractivity contribution < 1.29 is 17.6 Å². The van der Waals surface area contributed by atoms with Crippen LogP contribution in [-0.2, 0) is 0 Å². The van der Waals surface area contributed by atoms with Crippen molar-refractivity contribution in [3.05, 3.63) is 0 Å². The molecule has 6 heteroatoms. The number of unbranched alkanes of at least 4 members (excludes halogenated alkanes) is 8. The summed E-state index contributed by atoms with van der Waals surface area (Å²) in [6, 6.07) is 5.89. The van der Waals surface area contributed by atoms with Gasteiger partial charge in [-0.15, -0.1) is 0 Å². The monoisotopic (exact) mass is 386 g/mol. The maximum Gasteiger partial charge on any atom is 0.238 e. The van der Waals surface area contributed by atoms with Crippen molar-refractivity contribution >= 4 is 19.0 Å². The second-order valence-corrected chi connectivity index (χ2v) is 11.3. The average molecular weight is 387 g/mol. The van der Waals surface area contributed by atoms with Gasteiger partial charge in [0.15, 0.2) is 0 Å². The Labute approximate surface area is 151 Å². The molecule has 0 unspecified atom stereocenters. The first-order valence-corrected chi connectivity index (χ1v) is 14.2. The Balaban J connectivity index is 2.98. The molecule has 0 fully saturated rings. The van der Waals surface area contributed by atoms with Crippen LogP contribution in [0, 0.1) is 0 Å². The molecule has 24 heavy (non-hydrogen) atoms. The van der Waals surface area contributed by atoms with E-state index < -0.39 is 12.9 Å². The van der Waals surface area contributed by atoms with Gasteiger partial charge in [0, 0.05) is 31.9 Å². The maximum atomic E-state index is 11.9.